The van der Waals surface area contributed by atoms with Gasteiger partial charge in [0.15, 0.2) is 0 Å². The number of esters is 1. The molecule has 3 nitrogen and oxygen atoms in total. The molecule has 6 heteroatoms. The quantitative estimate of drug-likeness (QED) is 0.863. The van der Waals surface area contributed by atoms with Gasteiger partial charge in [0.25, 0.3) is 0 Å². The lowest BCUT2D eigenvalue weighted by Crippen LogP contribution is -2.26. The van der Waals surface area contributed by atoms with E-state index in [1.54, 1.807) is 13.0 Å². The molecule has 0 radical (unpaired) electrons. The minimum absolute atomic E-state index is 0.0172. The van der Waals surface area contributed by atoms with Crippen molar-refractivity contribution in [1.82, 2.24) is 0 Å². The smallest absolute Gasteiger partial charge is 0.343 e. The number of aliphatic hydroxyl groups excluding tert-OH is 1. The Morgan fingerprint density at radius 1 is 1.47 bits per heavy atom. The van der Waals surface area contributed by atoms with Crippen LogP contribution in [0, 0.1) is 0 Å². The van der Waals surface area contributed by atoms with E-state index in [-0.39, 0.29) is 22.2 Å². The van der Waals surface area contributed by atoms with E-state index in [9.17, 15) is 14.3 Å². The van der Waals surface area contributed by atoms with E-state index in [0.717, 1.165) is 0 Å². The van der Waals surface area contributed by atoms with Gasteiger partial charge in [-0.15, -0.1) is 0 Å². The van der Waals surface area contributed by atoms with Gasteiger partial charge in [-0.3, -0.25) is 0 Å². The highest BCUT2D eigenvalue weighted by atomic mass is 35.5. The van der Waals surface area contributed by atoms with Crippen LogP contribution in [0.3, 0.4) is 0 Å². The zero-order valence-electron chi connectivity index (χ0n) is 8.99. The van der Waals surface area contributed by atoms with Crippen molar-refractivity contribution in [2.24, 2.45) is 0 Å². The number of halogens is 3. The molecule has 0 aliphatic heterocycles. The number of carbonyl (C=O) groups is 1. The summed E-state index contributed by atoms with van der Waals surface area (Å²) in [6, 6.07) is 4.45. The van der Waals surface area contributed by atoms with Gasteiger partial charge in [0.2, 0.25) is 6.17 Å². The molecule has 0 saturated carbocycles. The van der Waals surface area contributed by atoms with Gasteiger partial charge < -0.3 is 9.84 Å². The monoisotopic (exact) mass is 280 g/mol. The zero-order valence-corrected chi connectivity index (χ0v) is 10.5. The lowest BCUT2D eigenvalue weighted by Gasteiger charge is -2.17. The summed E-state index contributed by atoms with van der Waals surface area (Å²) in [6.45, 7) is 1.57. The second kappa shape index (κ2) is 6.19. The van der Waals surface area contributed by atoms with Crippen molar-refractivity contribution in [1.29, 1.82) is 0 Å². The standard InChI is InChI=1S/C11H11Cl2FO3/c1-2-17-11(16)9(14)10(15)8-6(12)4-3-5-7(8)13/h3-5,9-10,15H,2H2,1H3. The van der Waals surface area contributed by atoms with E-state index in [2.05, 4.69) is 4.74 Å². The normalized spacial score (nSPS) is 14.2. The summed E-state index contributed by atoms with van der Waals surface area (Å²) in [5.41, 5.74) is -0.0172. The SMILES string of the molecule is CCOC(=O)C(F)C(O)c1c(Cl)cccc1Cl. The summed E-state index contributed by atoms with van der Waals surface area (Å²) in [5.74, 6) is -1.14. The molecule has 1 rings (SSSR count). The Labute approximate surface area is 108 Å². The highest BCUT2D eigenvalue weighted by Gasteiger charge is 2.31. The van der Waals surface area contributed by atoms with Gasteiger partial charge in [-0.25, -0.2) is 9.18 Å². The molecule has 2 unspecified atom stereocenters. The fourth-order valence-electron chi connectivity index (χ4n) is 1.29. The number of benzene rings is 1. The molecule has 0 aliphatic carbocycles. The van der Waals surface area contributed by atoms with Crippen LogP contribution in [0.25, 0.3) is 0 Å². The molecule has 94 valence electrons. The highest BCUT2D eigenvalue weighted by Crippen LogP contribution is 2.33. The van der Waals surface area contributed by atoms with Gasteiger partial charge >= 0.3 is 5.97 Å². The van der Waals surface area contributed by atoms with Crippen LogP contribution in [-0.2, 0) is 9.53 Å². The Kier molecular flexibility index (Phi) is 5.18. The Morgan fingerprint density at radius 3 is 2.47 bits per heavy atom. The Balaban J connectivity index is 2.96. The van der Waals surface area contributed by atoms with Gasteiger partial charge in [0.05, 0.1) is 6.61 Å². The first-order valence-corrected chi connectivity index (χ1v) is 5.67. The predicted molar refractivity (Wildman–Crippen MR) is 63.0 cm³/mol. The predicted octanol–water partition coefficient (Wildman–Crippen LogP) is 2.93. The zero-order chi connectivity index (χ0) is 13.0. The first kappa shape index (κ1) is 14.2. The Morgan fingerprint density at radius 2 is 2.00 bits per heavy atom. The van der Waals surface area contributed by atoms with Crippen molar-refractivity contribution < 1.29 is 19.0 Å². The van der Waals surface area contributed by atoms with Crippen LogP contribution >= 0.6 is 23.2 Å². The van der Waals surface area contributed by atoms with Crippen molar-refractivity contribution in [3.63, 3.8) is 0 Å². The molecule has 0 fully saturated rings. The van der Waals surface area contributed by atoms with Gasteiger partial charge in [0, 0.05) is 15.6 Å². The molecule has 17 heavy (non-hydrogen) atoms. The van der Waals surface area contributed by atoms with Gasteiger partial charge in [-0.05, 0) is 19.1 Å². The lowest BCUT2D eigenvalue weighted by molar-refractivity contribution is -0.153. The Hall–Kier alpha value is -0.840. The van der Waals surface area contributed by atoms with Crippen molar-refractivity contribution in [3.8, 4) is 0 Å². The van der Waals surface area contributed by atoms with E-state index >= 15 is 0 Å². The number of aliphatic hydroxyl groups is 1. The summed E-state index contributed by atoms with van der Waals surface area (Å²) < 4.78 is 18.0. The number of hydrogen-bond acceptors (Lipinski definition) is 3. The van der Waals surface area contributed by atoms with Crippen LogP contribution in [0.5, 0.6) is 0 Å². The van der Waals surface area contributed by atoms with E-state index < -0.39 is 18.2 Å². The average molecular weight is 281 g/mol. The van der Waals surface area contributed by atoms with E-state index in [4.69, 9.17) is 23.2 Å². The molecule has 0 aromatic heterocycles. The van der Waals surface area contributed by atoms with Crippen molar-refractivity contribution in [2.45, 2.75) is 19.2 Å². The topological polar surface area (TPSA) is 46.5 Å². The van der Waals surface area contributed by atoms with E-state index in [1.165, 1.54) is 12.1 Å². The van der Waals surface area contributed by atoms with Crippen LogP contribution in [-0.4, -0.2) is 23.9 Å². The minimum Gasteiger partial charge on any atom is -0.464 e. The van der Waals surface area contributed by atoms with Crippen molar-refractivity contribution >= 4 is 29.2 Å². The van der Waals surface area contributed by atoms with Crippen LogP contribution in [0.4, 0.5) is 4.39 Å². The molecule has 1 aromatic carbocycles. The van der Waals surface area contributed by atoms with E-state index in [1.807, 2.05) is 0 Å². The maximum Gasteiger partial charge on any atom is 0.343 e. The summed E-state index contributed by atoms with van der Waals surface area (Å²) >= 11 is 11.6. The second-order valence-corrected chi connectivity index (χ2v) is 4.05. The van der Waals surface area contributed by atoms with Gasteiger partial charge in [-0.1, -0.05) is 29.3 Å². The first-order valence-electron chi connectivity index (χ1n) is 4.91. The number of rotatable bonds is 4. The maximum atomic E-state index is 13.6. The number of ether oxygens (including phenoxy) is 1. The minimum atomic E-state index is -2.22. The molecule has 0 saturated heterocycles. The third-order valence-electron chi connectivity index (χ3n) is 2.08. The highest BCUT2D eigenvalue weighted by molar-refractivity contribution is 6.36. The molecular formula is C11H11Cl2FO3. The number of carbonyl (C=O) groups excluding carboxylic acids is 1. The molecule has 0 bridgehead atoms. The number of alkyl halides is 1. The third-order valence-corrected chi connectivity index (χ3v) is 2.74. The Bertz CT molecular complexity index is 391. The fourth-order valence-corrected chi connectivity index (χ4v) is 1.91. The summed E-state index contributed by atoms with van der Waals surface area (Å²) in [6.07, 6.45) is -3.96. The van der Waals surface area contributed by atoms with Crippen molar-refractivity contribution in [3.05, 3.63) is 33.8 Å². The maximum absolute atomic E-state index is 13.6. The molecule has 0 aliphatic rings. The fraction of sp³-hybridized carbons (Fsp3) is 0.364. The molecule has 0 heterocycles. The van der Waals surface area contributed by atoms with Crippen LogP contribution in [0.2, 0.25) is 10.0 Å². The summed E-state index contributed by atoms with van der Waals surface area (Å²) in [4.78, 5) is 11.1. The van der Waals surface area contributed by atoms with Gasteiger partial charge in [0.1, 0.15) is 6.10 Å². The molecular weight excluding hydrogens is 270 g/mol. The average Bonchev–Trinajstić information content (AvgIpc) is 2.27. The van der Waals surface area contributed by atoms with E-state index in [0.29, 0.717) is 0 Å². The lowest BCUT2D eigenvalue weighted by atomic mass is 10.1. The van der Waals surface area contributed by atoms with Crippen LogP contribution < -0.4 is 0 Å². The molecule has 0 amide bonds. The summed E-state index contributed by atoms with van der Waals surface area (Å²) in [7, 11) is 0. The van der Waals surface area contributed by atoms with Crippen LogP contribution in [0.15, 0.2) is 18.2 Å². The summed E-state index contributed by atoms with van der Waals surface area (Å²) in [5, 5.41) is 9.89. The third kappa shape index (κ3) is 3.31. The second-order valence-electron chi connectivity index (χ2n) is 3.23. The van der Waals surface area contributed by atoms with Crippen LogP contribution in [0.1, 0.15) is 18.6 Å². The molecule has 1 N–H and O–H groups in total. The molecule has 0 spiro atoms. The molecule has 2 atom stereocenters. The van der Waals surface area contributed by atoms with Gasteiger partial charge in [-0.2, -0.15) is 0 Å². The number of hydrogen-bond donors (Lipinski definition) is 1. The molecule has 1 aromatic rings. The largest absolute Gasteiger partial charge is 0.464 e. The van der Waals surface area contributed by atoms with Crippen molar-refractivity contribution in [2.75, 3.05) is 6.61 Å². The first-order chi connectivity index (χ1) is 7.99.